The molecule has 2 heterocycles. The number of ether oxygens (including phenoxy) is 2. The van der Waals surface area contributed by atoms with Gasteiger partial charge in [-0.15, -0.1) is 11.3 Å². The van der Waals surface area contributed by atoms with Gasteiger partial charge in [0.2, 0.25) is 15.9 Å². The molecule has 0 N–H and O–H groups in total. The molecule has 3 aromatic rings. The van der Waals surface area contributed by atoms with E-state index in [1.807, 2.05) is 18.4 Å². The van der Waals surface area contributed by atoms with Crippen LogP contribution < -0.4 is 4.74 Å². The largest absolute Gasteiger partial charge is 0.491 e. The SMILES string of the molecule is COCCN(CC(=O)N1CCc2sccc2C1COc1ccc(F)cc1)S(=O)(=O)c1ccc(C)cc1. The fourth-order valence-electron chi connectivity index (χ4n) is 4.16. The monoisotopic (exact) mass is 532 g/mol. The Kier molecular flexibility index (Phi) is 8.40. The Labute approximate surface area is 215 Å². The summed E-state index contributed by atoms with van der Waals surface area (Å²) < 4.78 is 52.3. The molecule has 0 spiro atoms. The maximum absolute atomic E-state index is 13.6. The number of benzene rings is 2. The van der Waals surface area contributed by atoms with Gasteiger partial charge in [-0.2, -0.15) is 4.31 Å². The van der Waals surface area contributed by atoms with Crippen LogP contribution >= 0.6 is 11.3 Å². The Bertz CT molecular complexity index is 1280. The second kappa shape index (κ2) is 11.5. The third kappa shape index (κ3) is 5.95. The lowest BCUT2D eigenvalue weighted by Gasteiger charge is -2.37. The van der Waals surface area contributed by atoms with Crippen molar-refractivity contribution in [3.05, 3.63) is 81.8 Å². The van der Waals surface area contributed by atoms with Gasteiger partial charge in [0.15, 0.2) is 0 Å². The molecule has 0 saturated carbocycles. The van der Waals surface area contributed by atoms with Gasteiger partial charge in [-0.3, -0.25) is 4.79 Å². The fraction of sp³-hybridized carbons (Fsp3) is 0.346. The Balaban J connectivity index is 1.55. The minimum Gasteiger partial charge on any atom is -0.491 e. The third-order valence-electron chi connectivity index (χ3n) is 6.15. The summed E-state index contributed by atoms with van der Waals surface area (Å²) >= 11 is 1.63. The van der Waals surface area contributed by atoms with Crippen molar-refractivity contribution in [3.63, 3.8) is 0 Å². The summed E-state index contributed by atoms with van der Waals surface area (Å²) in [6.45, 7) is 2.39. The zero-order chi connectivity index (χ0) is 25.7. The number of carbonyl (C=O) groups excluding carboxylic acids is 1. The predicted molar refractivity (Wildman–Crippen MR) is 136 cm³/mol. The van der Waals surface area contributed by atoms with E-state index in [1.165, 1.54) is 28.4 Å². The molecular weight excluding hydrogens is 503 g/mol. The lowest BCUT2D eigenvalue weighted by Crippen LogP contribution is -2.48. The molecule has 36 heavy (non-hydrogen) atoms. The van der Waals surface area contributed by atoms with Crippen molar-refractivity contribution >= 4 is 27.3 Å². The molecule has 10 heteroatoms. The van der Waals surface area contributed by atoms with E-state index in [9.17, 15) is 17.6 Å². The van der Waals surface area contributed by atoms with Gasteiger partial charge in [0.1, 0.15) is 18.2 Å². The van der Waals surface area contributed by atoms with E-state index in [4.69, 9.17) is 9.47 Å². The lowest BCUT2D eigenvalue weighted by atomic mass is 10.0. The molecule has 4 rings (SSSR count). The highest BCUT2D eigenvalue weighted by Gasteiger charge is 2.35. The normalized spacial score (nSPS) is 15.7. The van der Waals surface area contributed by atoms with Crippen molar-refractivity contribution < 1.29 is 27.1 Å². The van der Waals surface area contributed by atoms with Crippen LogP contribution in [0, 0.1) is 12.7 Å². The first-order valence-corrected chi connectivity index (χ1v) is 13.9. The number of halogens is 1. The molecule has 7 nitrogen and oxygen atoms in total. The van der Waals surface area contributed by atoms with Crippen LogP contribution in [0.2, 0.25) is 0 Å². The summed E-state index contributed by atoms with van der Waals surface area (Å²) in [5.41, 5.74) is 1.93. The van der Waals surface area contributed by atoms with Gasteiger partial charge in [0.25, 0.3) is 0 Å². The molecule has 0 radical (unpaired) electrons. The zero-order valence-electron chi connectivity index (χ0n) is 20.2. The number of hydrogen-bond donors (Lipinski definition) is 0. The first kappa shape index (κ1) is 26.3. The van der Waals surface area contributed by atoms with Gasteiger partial charge >= 0.3 is 0 Å². The van der Waals surface area contributed by atoms with E-state index < -0.39 is 10.0 Å². The number of hydrogen-bond acceptors (Lipinski definition) is 6. The van der Waals surface area contributed by atoms with E-state index in [0.29, 0.717) is 18.7 Å². The number of rotatable bonds is 10. The smallest absolute Gasteiger partial charge is 0.243 e. The number of nitrogens with zero attached hydrogens (tertiary/aromatic N) is 2. The predicted octanol–water partition coefficient (Wildman–Crippen LogP) is 4.04. The second-order valence-electron chi connectivity index (χ2n) is 8.56. The van der Waals surface area contributed by atoms with Crippen molar-refractivity contribution in [2.24, 2.45) is 0 Å². The minimum atomic E-state index is -3.91. The van der Waals surface area contributed by atoms with Crippen molar-refractivity contribution in [2.75, 3.05) is 40.0 Å². The summed E-state index contributed by atoms with van der Waals surface area (Å²) in [7, 11) is -2.42. The molecule has 0 saturated heterocycles. The number of carbonyl (C=O) groups is 1. The molecule has 192 valence electrons. The van der Waals surface area contributed by atoms with E-state index in [2.05, 4.69) is 0 Å². The Morgan fingerprint density at radius 1 is 1.14 bits per heavy atom. The summed E-state index contributed by atoms with van der Waals surface area (Å²) in [5.74, 6) is -0.177. The highest BCUT2D eigenvalue weighted by molar-refractivity contribution is 7.89. The average molecular weight is 533 g/mol. The first-order chi connectivity index (χ1) is 17.3. The molecule has 1 amide bonds. The van der Waals surface area contributed by atoms with Gasteiger partial charge in [-0.25, -0.2) is 12.8 Å². The molecule has 2 aromatic carbocycles. The van der Waals surface area contributed by atoms with Crippen LogP contribution in [0.4, 0.5) is 4.39 Å². The molecule has 1 aromatic heterocycles. The zero-order valence-corrected chi connectivity index (χ0v) is 21.9. The number of sulfonamides is 1. The van der Waals surface area contributed by atoms with E-state index >= 15 is 0 Å². The third-order valence-corrected chi connectivity index (χ3v) is 9.01. The molecule has 0 aliphatic carbocycles. The summed E-state index contributed by atoms with van der Waals surface area (Å²) in [6, 6.07) is 13.9. The molecule has 1 aliphatic heterocycles. The van der Waals surface area contributed by atoms with Crippen LogP contribution in [0.5, 0.6) is 5.75 Å². The van der Waals surface area contributed by atoms with Crippen LogP contribution in [-0.4, -0.2) is 63.5 Å². The lowest BCUT2D eigenvalue weighted by molar-refractivity contribution is -0.135. The van der Waals surface area contributed by atoms with Gasteiger partial charge in [-0.1, -0.05) is 17.7 Å². The minimum absolute atomic E-state index is 0.0484. The Morgan fingerprint density at radius 3 is 2.56 bits per heavy atom. The van der Waals surface area contributed by atoms with Gasteiger partial charge in [0.05, 0.1) is 24.1 Å². The van der Waals surface area contributed by atoms with Crippen LogP contribution in [0.3, 0.4) is 0 Å². The highest BCUT2D eigenvalue weighted by atomic mass is 32.2. The van der Waals surface area contributed by atoms with Crippen molar-refractivity contribution in [3.8, 4) is 5.75 Å². The van der Waals surface area contributed by atoms with Crippen molar-refractivity contribution in [1.29, 1.82) is 0 Å². The van der Waals surface area contributed by atoms with Crippen LogP contribution in [0.15, 0.2) is 64.9 Å². The van der Waals surface area contributed by atoms with Crippen LogP contribution in [-0.2, 0) is 26.0 Å². The standard InChI is InChI=1S/C26H29FN2O5S2/c1-19-3-9-22(10-4-19)36(31,32)28(14-15-33-2)17-26(30)29-13-11-25-23(12-16-35-25)24(29)18-34-21-7-5-20(27)6-8-21/h3-10,12,16,24H,11,13-15,17-18H2,1-2H3. The number of methoxy groups -OCH3 is 1. The molecule has 1 atom stereocenters. The van der Waals surface area contributed by atoms with Crippen molar-refractivity contribution in [2.45, 2.75) is 24.3 Å². The maximum atomic E-state index is 13.6. The van der Waals surface area contributed by atoms with Gasteiger partial charge in [-0.05, 0) is 66.8 Å². The Morgan fingerprint density at radius 2 is 1.86 bits per heavy atom. The van der Waals surface area contributed by atoms with Crippen molar-refractivity contribution in [1.82, 2.24) is 9.21 Å². The molecule has 1 aliphatic rings. The summed E-state index contributed by atoms with van der Waals surface area (Å²) in [4.78, 5) is 16.6. The van der Waals surface area contributed by atoms with Crippen LogP contribution in [0.1, 0.15) is 22.0 Å². The molecular formula is C26H29FN2O5S2. The number of aryl methyl sites for hydroxylation is 1. The molecule has 1 unspecified atom stereocenters. The molecule has 0 fully saturated rings. The average Bonchev–Trinajstić information content (AvgIpc) is 3.35. The van der Waals surface area contributed by atoms with E-state index in [-0.39, 0.29) is 49.0 Å². The topological polar surface area (TPSA) is 76.2 Å². The van der Waals surface area contributed by atoms with E-state index in [1.54, 1.807) is 52.6 Å². The summed E-state index contributed by atoms with van der Waals surface area (Å²) in [5, 5.41) is 1.98. The number of amides is 1. The van der Waals surface area contributed by atoms with Gasteiger partial charge in [0, 0.05) is 25.1 Å². The maximum Gasteiger partial charge on any atom is 0.243 e. The van der Waals surface area contributed by atoms with Gasteiger partial charge < -0.3 is 14.4 Å². The Hall–Kier alpha value is -2.79. The number of fused-ring (bicyclic) bond motifs is 1. The quantitative estimate of drug-likeness (QED) is 0.394. The molecule has 0 bridgehead atoms. The first-order valence-electron chi connectivity index (χ1n) is 11.6. The number of thiophene rings is 1. The fourth-order valence-corrected chi connectivity index (χ4v) is 6.46. The van der Waals surface area contributed by atoms with E-state index in [0.717, 1.165) is 11.1 Å². The second-order valence-corrected chi connectivity index (χ2v) is 11.5. The summed E-state index contributed by atoms with van der Waals surface area (Å²) in [6.07, 6.45) is 0.689. The highest BCUT2D eigenvalue weighted by Crippen LogP contribution is 2.34. The van der Waals surface area contributed by atoms with Crippen LogP contribution in [0.25, 0.3) is 0 Å².